The number of carboxylic acids is 1. The van der Waals surface area contributed by atoms with Gasteiger partial charge in [-0.3, -0.25) is 4.79 Å². The van der Waals surface area contributed by atoms with Crippen LogP contribution in [-0.2, 0) is 4.79 Å². The third kappa shape index (κ3) is 19.3. The Morgan fingerprint density at radius 2 is 1.14 bits per heavy atom. The van der Waals surface area contributed by atoms with Gasteiger partial charge in [-0.25, -0.2) is 5.48 Å². The summed E-state index contributed by atoms with van der Waals surface area (Å²) in [5.41, 5.74) is 2.18. The predicted octanol–water partition coefficient (Wildman–Crippen LogP) is 1.74. The van der Waals surface area contributed by atoms with Crippen molar-refractivity contribution in [2.75, 3.05) is 32.7 Å². The van der Waals surface area contributed by atoms with E-state index in [1.807, 2.05) is 0 Å². The number of hydroxylamine groups is 1. The normalized spacial score (nSPS) is 10.9. The van der Waals surface area contributed by atoms with Crippen LogP contribution in [0.25, 0.3) is 0 Å². The summed E-state index contributed by atoms with van der Waals surface area (Å²) >= 11 is 0. The number of rotatable bonds is 17. The molecule has 0 amide bonds. The van der Waals surface area contributed by atoms with E-state index in [0.717, 1.165) is 32.6 Å². The number of carboxylic acid groups (broad SMARTS) is 1. The van der Waals surface area contributed by atoms with Crippen molar-refractivity contribution in [2.24, 2.45) is 0 Å². The van der Waals surface area contributed by atoms with E-state index >= 15 is 0 Å². The minimum atomic E-state index is -0.722. The lowest BCUT2D eigenvalue weighted by molar-refractivity contribution is -0.137. The van der Waals surface area contributed by atoms with Crippen molar-refractivity contribution in [1.82, 2.24) is 16.1 Å². The van der Waals surface area contributed by atoms with Crippen LogP contribution in [0.15, 0.2) is 0 Å². The van der Waals surface area contributed by atoms with Crippen LogP contribution in [0.3, 0.4) is 0 Å². The summed E-state index contributed by atoms with van der Waals surface area (Å²) in [6, 6.07) is 0. The van der Waals surface area contributed by atoms with Crippen molar-refractivity contribution >= 4 is 5.97 Å². The zero-order valence-electron chi connectivity index (χ0n) is 13.2. The lowest BCUT2D eigenvalue weighted by Gasteiger charge is -2.06. The van der Waals surface area contributed by atoms with Gasteiger partial charge in [0.15, 0.2) is 0 Å². The fourth-order valence-electron chi connectivity index (χ4n) is 2.13. The largest absolute Gasteiger partial charge is 0.481 e. The first-order valence-electron chi connectivity index (χ1n) is 8.27. The van der Waals surface area contributed by atoms with Gasteiger partial charge < -0.3 is 20.9 Å². The van der Waals surface area contributed by atoms with Crippen LogP contribution in [0.1, 0.15) is 57.8 Å². The molecular weight excluding hydrogens is 270 g/mol. The molecule has 0 aliphatic carbocycles. The van der Waals surface area contributed by atoms with Crippen molar-refractivity contribution in [3.8, 4) is 0 Å². The number of unbranched alkanes of at least 4 members (excludes halogenated alkanes) is 6. The number of nitrogens with one attached hydrogen (secondary N) is 3. The van der Waals surface area contributed by atoms with Gasteiger partial charge >= 0.3 is 5.97 Å². The molecule has 0 heterocycles. The van der Waals surface area contributed by atoms with Crippen LogP contribution >= 0.6 is 0 Å². The molecule has 0 unspecified atom stereocenters. The average molecular weight is 303 g/mol. The van der Waals surface area contributed by atoms with Crippen LogP contribution < -0.4 is 16.1 Å². The van der Waals surface area contributed by atoms with Crippen molar-refractivity contribution < 1.29 is 15.1 Å². The van der Waals surface area contributed by atoms with Crippen molar-refractivity contribution in [1.29, 1.82) is 0 Å². The highest BCUT2D eigenvalue weighted by atomic mass is 16.5. The molecule has 0 atom stereocenters. The zero-order valence-corrected chi connectivity index (χ0v) is 13.2. The van der Waals surface area contributed by atoms with Gasteiger partial charge in [0.25, 0.3) is 0 Å². The smallest absolute Gasteiger partial charge is 0.303 e. The second kappa shape index (κ2) is 17.4. The number of carbonyl (C=O) groups is 1. The van der Waals surface area contributed by atoms with Crippen LogP contribution in [0.2, 0.25) is 0 Å². The molecule has 6 nitrogen and oxygen atoms in total. The van der Waals surface area contributed by atoms with Gasteiger partial charge in [0.05, 0.1) is 0 Å². The van der Waals surface area contributed by atoms with Crippen LogP contribution in [0.5, 0.6) is 0 Å². The Kier molecular flexibility index (Phi) is 16.8. The molecule has 0 aromatic rings. The average Bonchev–Trinajstić information content (AvgIpc) is 2.46. The molecule has 126 valence electrons. The van der Waals surface area contributed by atoms with Gasteiger partial charge in [0.1, 0.15) is 0 Å². The standard InChI is InChI=1S/C15H33N3O3/c19-15(20)9-8-11-17-14-13-16-10-6-4-2-1-3-5-7-12-18-21/h16-18,21H,1-14H2,(H,19,20). The Hall–Kier alpha value is -0.690. The highest BCUT2D eigenvalue weighted by molar-refractivity contribution is 5.66. The van der Waals surface area contributed by atoms with Crippen LogP contribution in [-0.4, -0.2) is 49.0 Å². The van der Waals surface area contributed by atoms with Crippen molar-refractivity contribution in [3.05, 3.63) is 0 Å². The molecule has 0 bridgehead atoms. The van der Waals surface area contributed by atoms with E-state index in [2.05, 4.69) is 16.1 Å². The van der Waals surface area contributed by atoms with Gasteiger partial charge in [0.2, 0.25) is 0 Å². The summed E-state index contributed by atoms with van der Waals surface area (Å²) in [5, 5.41) is 23.5. The summed E-state index contributed by atoms with van der Waals surface area (Å²) in [6.45, 7) is 4.39. The molecule has 21 heavy (non-hydrogen) atoms. The van der Waals surface area contributed by atoms with E-state index in [1.54, 1.807) is 0 Å². The fourth-order valence-corrected chi connectivity index (χ4v) is 2.13. The second-order valence-corrected chi connectivity index (χ2v) is 5.38. The molecule has 0 spiro atoms. The third-order valence-electron chi connectivity index (χ3n) is 3.36. The Balaban J connectivity index is 2.95. The molecule has 0 aliphatic rings. The number of hydrogen-bond acceptors (Lipinski definition) is 5. The SMILES string of the molecule is O=C(O)CCCNCCNCCCCCCCCCNO. The van der Waals surface area contributed by atoms with E-state index in [1.165, 1.54) is 38.5 Å². The predicted molar refractivity (Wildman–Crippen MR) is 84.7 cm³/mol. The molecule has 0 rings (SSSR count). The maximum absolute atomic E-state index is 10.3. The quantitative estimate of drug-likeness (QED) is 0.208. The molecule has 0 aromatic carbocycles. The minimum Gasteiger partial charge on any atom is -0.481 e. The van der Waals surface area contributed by atoms with Crippen molar-refractivity contribution in [3.63, 3.8) is 0 Å². The molecule has 0 aliphatic heterocycles. The molecule has 0 aromatic heterocycles. The minimum absolute atomic E-state index is 0.247. The summed E-state index contributed by atoms with van der Waals surface area (Å²) in [5.74, 6) is -0.722. The van der Waals surface area contributed by atoms with E-state index < -0.39 is 5.97 Å². The Morgan fingerprint density at radius 3 is 1.67 bits per heavy atom. The van der Waals surface area contributed by atoms with E-state index in [4.69, 9.17) is 10.3 Å². The molecule has 0 saturated carbocycles. The number of aliphatic carboxylic acids is 1. The first-order valence-corrected chi connectivity index (χ1v) is 8.27. The van der Waals surface area contributed by atoms with Crippen molar-refractivity contribution in [2.45, 2.75) is 57.8 Å². The molecule has 0 radical (unpaired) electrons. The first kappa shape index (κ1) is 20.3. The van der Waals surface area contributed by atoms with Crippen LogP contribution in [0.4, 0.5) is 0 Å². The fraction of sp³-hybridized carbons (Fsp3) is 0.933. The van der Waals surface area contributed by atoms with E-state index in [0.29, 0.717) is 13.0 Å². The highest BCUT2D eigenvalue weighted by Gasteiger charge is 1.95. The molecule has 0 saturated heterocycles. The first-order chi connectivity index (χ1) is 10.3. The Morgan fingerprint density at radius 1 is 0.667 bits per heavy atom. The van der Waals surface area contributed by atoms with Gasteiger partial charge in [-0.2, -0.15) is 0 Å². The van der Waals surface area contributed by atoms with Gasteiger partial charge in [-0.1, -0.05) is 32.1 Å². The Labute approximate surface area is 128 Å². The zero-order chi connectivity index (χ0) is 15.6. The number of hydrogen-bond donors (Lipinski definition) is 5. The van der Waals surface area contributed by atoms with Gasteiger partial charge in [-0.15, -0.1) is 0 Å². The van der Waals surface area contributed by atoms with E-state index in [9.17, 15) is 4.79 Å². The topological polar surface area (TPSA) is 93.6 Å². The lowest BCUT2D eigenvalue weighted by atomic mass is 10.1. The molecular formula is C15H33N3O3. The monoisotopic (exact) mass is 303 g/mol. The maximum atomic E-state index is 10.3. The third-order valence-corrected chi connectivity index (χ3v) is 3.36. The maximum Gasteiger partial charge on any atom is 0.303 e. The van der Waals surface area contributed by atoms with E-state index in [-0.39, 0.29) is 6.42 Å². The molecule has 0 fully saturated rings. The van der Waals surface area contributed by atoms with Crippen LogP contribution in [0, 0.1) is 0 Å². The summed E-state index contributed by atoms with van der Waals surface area (Å²) < 4.78 is 0. The lowest BCUT2D eigenvalue weighted by Crippen LogP contribution is -2.28. The Bertz CT molecular complexity index is 228. The molecule has 5 N–H and O–H groups in total. The van der Waals surface area contributed by atoms with Gasteiger partial charge in [0, 0.05) is 26.1 Å². The second-order valence-electron chi connectivity index (χ2n) is 5.38. The molecule has 6 heteroatoms. The summed E-state index contributed by atoms with van der Waals surface area (Å²) in [4.78, 5) is 10.3. The summed E-state index contributed by atoms with van der Waals surface area (Å²) in [7, 11) is 0. The highest BCUT2D eigenvalue weighted by Crippen LogP contribution is 2.06. The van der Waals surface area contributed by atoms with Gasteiger partial charge in [-0.05, 0) is 32.4 Å². The summed E-state index contributed by atoms with van der Waals surface area (Å²) in [6.07, 6.45) is 9.53.